The van der Waals surface area contributed by atoms with Gasteiger partial charge in [0.05, 0.1) is 5.56 Å². The Balaban J connectivity index is 1.35. The Labute approximate surface area is 211 Å². The summed E-state index contributed by atoms with van der Waals surface area (Å²) in [6.07, 6.45) is 0. The van der Waals surface area contributed by atoms with Crippen molar-refractivity contribution in [3.8, 4) is 11.1 Å². The number of anilines is 2. The van der Waals surface area contributed by atoms with Gasteiger partial charge in [0.15, 0.2) is 0 Å². The highest BCUT2D eigenvalue weighted by Crippen LogP contribution is 2.23. The monoisotopic (exact) mass is 494 g/mol. The summed E-state index contributed by atoms with van der Waals surface area (Å²) in [5.41, 5.74) is 2.77. The maximum absolute atomic E-state index is 13.0. The highest BCUT2D eigenvalue weighted by atomic mass is 35.5. The molecule has 0 aliphatic rings. The third-order valence-electron chi connectivity index (χ3n) is 5.54. The van der Waals surface area contributed by atoms with Crippen LogP contribution in [-0.2, 0) is 0 Å². The Morgan fingerprint density at radius 1 is 0.667 bits per heavy atom. The summed E-state index contributed by atoms with van der Waals surface area (Å²) in [7, 11) is 0. The smallest absolute Gasteiger partial charge is 0.344 e. The number of nitrogens with one attached hydrogen (secondary N) is 2. The average molecular weight is 495 g/mol. The zero-order valence-electron chi connectivity index (χ0n) is 18.8. The lowest BCUT2D eigenvalue weighted by Crippen LogP contribution is -2.14. The summed E-state index contributed by atoms with van der Waals surface area (Å²) < 4.78 is 5.43. The Hall–Kier alpha value is -4.68. The maximum atomic E-state index is 13.0. The number of carbonyl (C=O) groups excluding carboxylic acids is 2. The Morgan fingerprint density at radius 3 is 2.03 bits per heavy atom. The molecule has 0 fully saturated rings. The zero-order chi connectivity index (χ0) is 25.1. The molecule has 1 aromatic heterocycles. The molecule has 0 unspecified atom stereocenters. The lowest BCUT2D eigenvalue weighted by atomic mass is 10.0. The molecule has 2 amide bonds. The van der Waals surface area contributed by atoms with E-state index in [1.165, 1.54) is 0 Å². The van der Waals surface area contributed by atoms with Crippen LogP contribution < -0.4 is 16.3 Å². The molecule has 0 saturated carbocycles. The predicted octanol–water partition coefficient (Wildman–Crippen LogP) is 6.62. The first-order chi connectivity index (χ1) is 17.5. The van der Waals surface area contributed by atoms with E-state index in [2.05, 4.69) is 10.6 Å². The number of hydrogen-bond donors (Lipinski definition) is 2. The van der Waals surface area contributed by atoms with Crippen molar-refractivity contribution in [3.05, 3.63) is 130 Å². The molecular formula is C29H19ClN2O4. The van der Waals surface area contributed by atoms with Crippen molar-refractivity contribution in [1.82, 2.24) is 0 Å². The second-order valence-electron chi connectivity index (χ2n) is 8.07. The second-order valence-corrected chi connectivity index (χ2v) is 8.50. The van der Waals surface area contributed by atoms with Crippen LogP contribution in [0.3, 0.4) is 0 Å². The third kappa shape index (κ3) is 5.04. The molecule has 176 valence electrons. The van der Waals surface area contributed by atoms with Gasteiger partial charge in [-0.05, 0) is 66.2 Å². The first-order valence-electron chi connectivity index (χ1n) is 11.1. The minimum Gasteiger partial charge on any atom is -0.422 e. The van der Waals surface area contributed by atoms with Crippen LogP contribution in [0.5, 0.6) is 0 Å². The Kier molecular flexibility index (Phi) is 6.34. The zero-order valence-corrected chi connectivity index (χ0v) is 19.6. The summed E-state index contributed by atoms with van der Waals surface area (Å²) >= 11 is 5.97. The van der Waals surface area contributed by atoms with E-state index in [0.717, 1.165) is 5.39 Å². The van der Waals surface area contributed by atoms with Gasteiger partial charge >= 0.3 is 5.63 Å². The van der Waals surface area contributed by atoms with E-state index in [0.29, 0.717) is 44.2 Å². The Bertz CT molecular complexity index is 1680. The largest absolute Gasteiger partial charge is 0.422 e. The highest BCUT2D eigenvalue weighted by molar-refractivity contribution is 6.31. The molecule has 4 aromatic carbocycles. The SMILES string of the molecule is O=C(Nc1cccc(NC(=O)c2cccc(-c3cc4ccccc4oc3=O)c2)c1)c1cccc(Cl)c1. The van der Waals surface area contributed by atoms with Gasteiger partial charge in [-0.3, -0.25) is 9.59 Å². The van der Waals surface area contributed by atoms with Crippen molar-refractivity contribution in [1.29, 1.82) is 0 Å². The van der Waals surface area contributed by atoms with Crippen LogP contribution in [-0.4, -0.2) is 11.8 Å². The molecule has 6 nitrogen and oxygen atoms in total. The fourth-order valence-corrected chi connectivity index (χ4v) is 3.99. The number of halogens is 1. The number of para-hydroxylation sites is 1. The van der Waals surface area contributed by atoms with Crippen molar-refractivity contribution in [2.45, 2.75) is 0 Å². The van der Waals surface area contributed by atoms with E-state index < -0.39 is 5.63 Å². The quantitative estimate of drug-likeness (QED) is 0.269. The van der Waals surface area contributed by atoms with Gasteiger partial charge in [-0.25, -0.2) is 4.79 Å². The number of benzene rings is 4. The van der Waals surface area contributed by atoms with Gasteiger partial charge in [0.1, 0.15) is 5.58 Å². The fraction of sp³-hybridized carbons (Fsp3) is 0. The van der Waals surface area contributed by atoms with Crippen LogP contribution in [0.4, 0.5) is 11.4 Å². The fourth-order valence-electron chi connectivity index (χ4n) is 3.80. The summed E-state index contributed by atoms with van der Waals surface area (Å²) in [6.45, 7) is 0. The number of fused-ring (bicyclic) bond motifs is 1. The van der Waals surface area contributed by atoms with E-state index in [1.54, 1.807) is 91.0 Å². The van der Waals surface area contributed by atoms with Gasteiger partial charge in [0, 0.05) is 32.9 Å². The normalized spacial score (nSPS) is 10.7. The minimum absolute atomic E-state index is 0.317. The van der Waals surface area contributed by atoms with Crippen molar-refractivity contribution >= 4 is 45.8 Å². The summed E-state index contributed by atoms with van der Waals surface area (Å²) in [5, 5.41) is 6.88. The van der Waals surface area contributed by atoms with Crippen LogP contribution in [0.1, 0.15) is 20.7 Å². The first-order valence-corrected chi connectivity index (χ1v) is 11.5. The van der Waals surface area contributed by atoms with Crippen LogP contribution in [0.2, 0.25) is 5.02 Å². The summed E-state index contributed by atoms with van der Waals surface area (Å²) in [6, 6.07) is 29.2. The molecule has 5 rings (SSSR count). The van der Waals surface area contributed by atoms with Crippen molar-refractivity contribution in [2.75, 3.05) is 10.6 Å². The number of rotatable bonds is 5. The lowest BCUT2D eigenvalue weighted by Gasteiger charge is -2.10. The van der Waals surface area contributed by atoms with Gasteiger partial charge in [0.2, 0.25) is 0 Å². The van der Waals surface area contributed by atoms with Crippen molar-refractivity contribution in [3.63, 3.8) is 0 Å². The van der Waals surface area contributed by atoms with Gasteiger partial charge in [-0.15, -0.1) is 0 Å². The van der Waals surface area contributed by atoms with Crippen molar-refractivity contribution < 1.29 is 14.0 Å². The lowest BCUT2D eigenvalue weighted by molar-refractivity contribution is 0.101. The molecule has 36 heavy (non-hydrogen) atoms. The molecule has 0 atom stereocenters. The number of hydrogen-bond acceptors (Lipinski definition) is 4. The molecule has 2 N–H and O–H groups in total. The van der Waals surface area contributed by atoms with Crippen molar-refractivity contribution in [2.24, 2.45) is 0 Å². The molecular weight excluding hydrogens is 476 g/mol. The molecule has 5 aromatic rings. The van der Waals surface area contributed by atoms with E-state index in [9.17, 15) is 14.4 Å². The van der Waals surface area contributed by atoms with E-state index in [1.807, 2.05) is 12.1 Å². The minimum atomic E-state index is -0.477. The molecule has 0 spiro atoms. The summed E-state index contributed by atoms with van der Waals surface area (Å²) in [4.78, 5) is 38.0. The second kappa shape index (κ2) is 9.90. The standard InChI is InChI=1S/C29H19ClN2O4/c30-22-10-4-9-21(15-22)28(34)32-24-12-5-11-23(17-24)31-27(33)20-8-3-7-18(14-20)25-16-19-6-1-2-13-26(19)36-29(25)35/h1-17H,(H,31,33)(H,32,34). The number of amides is 2. The van der Waals surface area contributed by atoms with Gasteiger partial charge in [-0.1, -0.05) is 54.1 Å². The molecule has 0 saturated heterocycles. The van der Waals surface area contributed by atoms with Crippen LogP contribution in [0.25, 0.3) is 22.1 Å². The van der Waals surface area contributed by atoms with Crippen LogP contribution in [0.15, 0.2) is 112 Å². The van der Waals surface area contributed by atoms with Crippen LogP contribution >= 0.6 is 11.6 Å². The molecule has 1 heterocycles. The Morgan fingerprint density at radius 2 is 1.31 bits per heavy atom. The van der Waals surface area contributed by atoms with Gasteiger partial charge in [0.25, 0.3) is 11.8 Å². The molecule has 0 radical (unpaired) electrons. The topological polar surface area (TPSA) is 88.4 Å². The molecule has 7 heteroatoms. The summed E-state index contributed by atoms with van der Waals surface area (Å²) in [5.74, 6) is -0.678. The van der Waals surface area contributed by atoms with E-state index >= 15 is 0 Å². The number of carbonyl (C=O) groups is 2. The van der Waals surface area contributed by atoms with Crippen LogP contribution in [0, 0.1) is 0 Å². The van der Waals surface area contributed by atoms with Gasteiger partial charge < -0.3 is 15.1 Å². The third-order valence-corrected chi connectivity index (χ3v) is 5.78. The molecule has 0 aliphatic carbocycles. The molecule has 0 aliphatic heterocycles. The van der Waals surface area contributed by atoms with E-state index in [-0.39, 0.29) is 11.8 Å². The highest BCUT2D eigenvalue weighted by Gasteiger charge is 2.13. The first kappa shape index (κ1) is 23.1. The van der Waals surface area contributed by atoms with E-state index in [4.69, 9.17) is 16.0 Å². The average Bonchev–Trinajstić information content (AvgIpc) is 2.88. The molecule has 0 bridgehead atoms. The predicted molar refractivity (Wildman–Crippen MR) is 142 cm³/mol. The van der Waals surface area contributed by atoms with Gasteiger partial charge in [-0.2, -0.15) is 0 Å². The maximum Gasteiger partial charge on any atom is 0.344 e.